The summed E-state index contributed by atoms with van der Waals surface area (Å²) in [5, 5.41) is 13.9. The molecule has 1 saturated heterocycles. The second-order valence-corrected chi connectivity index (χ2v) is 8.49. The molecule has 1 unspecified atom stereocenters. The minimum absolute atomic E-state index is 0.232. The molecule has 0 radical (unpaired) electrons. The molecule has 0 spiro atoms. The van der Waals surface area contributed by atoms with Gasteiger partial charge in [-0.3, -0.25) is 4.79 Å². The number of anilines is 1. The summed E-state index contributed by atoms with van der Waals surface area (Å²) in [6, 6.07) is 13.9. The van der Waals surface area contributed by atoms with E-state index in [1.165, 1.54) is 0 Å². The number of nitrogens with zero attached hydrogens (tertiary/aromatic N) is 3. The summed E-state index contributed by atoms with van der Waals surface area (Å²) >= 11 is 0. The van der Waals surface area contributed by atoms with E-state index in [0.29, 0.717) is 18.5 Å². The van der Waals surface area contributed by atoms with Gasteiger partial charge in [-0.15, -0.1) is 0 Å². The predicted octanol–water partition coefficient (Wildman–Crippen LogP) is 3.34. The molecule has 1 amide bonds. The van der Waals surface area contributed by atoms with Crippen LogP contribution in [0.3, 0.4) is 0 Å². The summed E-state index contributed by atoms with van der Waals surface area (Å²) in [5.41, 5.74) is 3.25. The number of unbranched alkanes of at least 4 members (excludes halogenated alkanes) is 1. The first kappa shape index (κ1) is 23.1. The van der Waals surface area contributed by atoms with Gasteiger partial charge in [-0.05, 0) is 42.2 Å². The monoisotopic (exact) mass is 448 g/mol. The number of aromatic nitrogens is 2. The standard InChI is InChI=1S/C26H32N4O3/c1-2-3-6-21(31)18-28-26(32)24-16-20(22-7-4-5-8-23(22)29-24)15-19-9-10-25(27-17-19)30-11-13-33-14-12-30/h4-5,7-10,16-17,21,31H,2-3,6,11-15,18H2,1H3,(H,28,32). The fourth-order valence-corrected chi connectivity index (χ4v) is 4.07. The van der Waals surface area contributed by atoms with Crippen LogP contribution >= 0.6 is 0 Å². The Labute approximate surface area is 194 Å². The maximum Gasteiger partial charge on any atom is 0.270 e. The van der Waals surface area contributed by atoms with Crippen molar-refractivity contribution in [3.63, 3.8) is 0 Å². The summed E-state index contributed by atoms with van der Waals surface area (Å²) in [6.45, 7) is 5.48. The highest BCUT2D eigenvalue weighted by Gasteiger charge is 2.15. The van der Waals surface area contributed by atoms with Gasteiger partial charge in [0.15, 0.2) is 0 Å². The molecule has 3 heterocycles. The van der Waals surface area contributed by atoms with E-state index < -0.39 is 6.10 Å². The Morgan fingerprint density at radius 2 is 2.03 bits per heavy atom. The molecule has 1 aliphatic rings. The van der Waals surface area contributed by atoms with Gasteiger partial charge in [-0.25, -0.2) is 9.97 Å². The molecule has 0 bridgehead atoms. The third kappa shape index (κ3) is 6.06. The zero-order valence-corrected chi connectivity index (χ0v) is 19.2. The number of carbonyl (C=O) groups excluding carboxylic acids is 1. The molecule has 1 aromatic carbocycles. The highest BCUT2D eigenvalue weighted by atomic mass is 16.5. The number of aliphatic hydroxyl groups excluding tert-OH is 1. The van der Waals surface area contributed by atoms with Gasteiger partial charge in [0, 0.05) is 31.2 Å². The minimum atomic E-state index is -0.537. The largest absolute Gasteiger partial charge is 0.391 e. The number of ether oxygens (including phenoxy) is 1. The number of amides is 1. The molecule has 1 fully saturated rings. The number of benzene rings is 1. The Kier molecular flexibility index (Phi) is 7.86. The first-order valence-electron chi connectivity index (χ1n) is 11.8. The number of carbonyl (C=O) groups is 1. The van der Waals surface area contributed by atoms with Crippen LogP contribution in [0, 0.1) is 0 Å². The number of hydrogen-bond donors (Lipinski definition) is 2. The van der Waals surface area contributed by atoms with E-state index >= 15 is 0 Å². The van der Waals surface area contributed by atoms with Crippen molar-refractivity contribution >= 4 is 22.6 Å². The molecule has 33 heavy (non-hydrogen) atoms. The Bertz CT molecular complexity index is 1060. The Hall–Kier alpha value is -3.03. The molecule has 0 saturated carbocycles. The van der Waals surface area contributed by atoms with Gasteiger partial charge in [0.2, 0.25) is 0 Å². The lowest BCUT2D eigenvalue weighted by Crippen LogP contribution is -2.36. The van der Waals surface area contributed by atoms with Crippen molar-refractivity contribution in [3.8, 4) is 0 Å². The maximum atomic E-state index is 12.8. The van der Waals surface area contributed by atoms with Crippen molar-refractivity contribution in [2.24, 2.45) is 0 Å². The van der Waals surface area contributed by atoms with E-state index in [-0.39, 0.29) is 12.5 Å². The van der Waals surface area contributed by atoms with Crippen molar-refractivity contribution in [2.75, 3.05) is 37.7 Å². The van der Waals surface area contributed by atoms with E-state index in [0.717, 1.165) is 67.0 Å². The number of morpholine rings is 1. The van der Waals surface area contributed by atoms with Crippen molar-refractivity contribution in [1.82, 2.24) is 15.3 Å². The molecule has 7 heteroatoms. The predicted molar refractivity (Wildman–Crippen MR) is 130 cm³/mol. The fraction of sp³-hybridized carbons (Fsp3) is 0.423. The molecule has 2 aromatic heterocycles. The van der Waals surface area contributed by atoms with Crippen molar-refractivity contribution in [1.29, 1.82) is 0 Å². The van der Waals surface area contributed by atoms with Crippen LogP contribution < -0.4 is 10.2 Å². The topological polar surface area (TPSA) is 87.6 Å². The van der Waals surface area contributed by atoms with Gasteiger partial charge < -0.3 is 20.1 Å². The molecule has 174 valence electrons. The lowest BCUT2D eigenvalue weighted by molar-refractivity contribution is 0.0904. The van der Waals surface area contributed by atoms with Crippen molar-refractivity contribution in [3.05, 3.63) is 65.5 Å². The summed E-state index contributed by atoms with van der Waals surface area (Å²) in [4.78, 5) is 24.2. The van der Waals surface area contributed by atoms with Gasteiger partial charge in [0.1, 0.15) is 11.5 Å². The van der Waals surface area contributed by atoms with Gasteiger partial charge in [0.25, 0.3) is 5.91 Å². The Balaban J connectivity index is 1.51. The Morgan fingerprint density at radius 3 is 2.79 bits per heavy atom. The number of fused-ring (bicyclic) bond motifs is 1. The van der Waals surface area contributed by atoms with Crippen LogP contribution in [0.5, 0.6) is 0 Å². The van der Waals surface area contributed by atoms with Gasteiger partial charge in [0.05, 0.1) is 24.8 Å². The normalized spacial score (nSPS) is 14.9. The second-order valence-electron chi connectivity index (χ2n) is 8.49. The fourth-order valence-electron chi connectivity index (χ4n) is 4.07. The highest BCUT2D eigenvalue weighted by Crippen LogP contribution is 2.22. The molecular formula is C26H32N4O3. The lowest BCUT2D eigenvalue weighted by atomic mass is 10.0. The van der Waals surface area contributed by atoms with Crippen LogP contribution in [0.2, 0.25) is 0 Å². The second kappa shape index (κ2) is 11.2. The smallest absolute Gasteiger partial charge is 0.270 e. The summed E-state index contributed by atoms with van der Waals surface area (Å²) in [5.74, 6) is 0.696. The third-order valence-electron chi connectivity index (χ3n) is 5.96. The van der Waals surface area contributed by atoms with Crippen molar-refractivity contribution in [2.45, 2.75) is 38.7 Å². The van der Waals surface area contributed by atoms with Crippen LogP contribution in [-0.2, 0) is 11.2 Å². The molecular weight excluding hydrogens is 416 g/mol. The zero-order chi connectivity index (χ0) is 23.0. The minimum Gasteiger partial charge on any atom is -0.391 e. The summed E-state index contributed by atoms with van der Waals surface area (Å²) < 4.78 is 5.42. The average Bonchev–Trinajstić information content (AvgIpc) is 2.87. The van der Waals surface area contributed by atoms with Crippen LogP contribution in [0.15, 0.2) is 48.7 Å². The van der Waals surface area contributed by atoms with Crippen LogP contribution in [0.25, 0.3) is 10.9 Å². The number of aliphatic hydroxyl groups is 1. The lowest BCUT2D eigenvalue weighted by Gasteiger charge is -2.27. The number of para-hydroxylation sites is 1. The molecule has 3 aromatic rings. The van der Waals surface area contributed by atoms with E-state index in [1.54, 1.807) is 0 Å². The maximum absolute atomic E-state index is 12.8. The summed E-state index contributed by atoms with van der Waals surface area (Å²) in [7, 11) is 0. The number of nitrogens with one attached hydrogen (secondary N) is 1. The molecule has 4 rings (SSSR count). The third-order valence-corrected chi connectivity index (χ3v) is 5.96. The molecule has 7 nitrogen and oxygen atoms in total. The van der Waals surface area contributed by atoms with Crippen LogP contribution in [0.4, 0.5) is 5.82 Å². The zero-order valence-electron chi connectivity index (χ0n) is 19.2. The number of rotatable bonds is 9. The van der Waals surface area contributed by atoms with Gasteiger partial charge >= 0.3 is 0 Å². The quantitative estimate of drug-likeness (QED) is 0.522. The molecule has 2 N–H and O–H groups in total. The molecule has 1 atom stereocenters. The van der Waals surface area contributed by atoms with Gasteiger partial charge in [-0.1, -0.05) is 44.0 Å². The van der Waals surface area contributed by atoms with E-state index in [2.05, 4.69) is 39.2 Å². The average molecular weight is 449 g/mol. The molecule has 1 aliphatic heterocycles. The summed E-state index contributed by atoms with van der Waals surface area (Å²) in [6.07, 6.45) is 4.66. The van der Waals surface area contributed by atoms with Crippen LogP contribution in [-0.4, -0.2) is 59.9 Å². The van der Waals surface area contributed by atoms with E-state index in [9.17, 15) is 9.90 Å². The van der Waals surface area contributed by atoms with Crippen LogP contribution in [0.1, 0.15) is 47.8 Å². The van der Waals surface area contributed by atoms with E-state index in [4.69, 9.17) is 4.74 Å². The Morgan fingerprint density at radius 1 is 1.21 bits per heavy atom. The van der Waals surface area contributed by atoms with Gasteiger partial charge in [-0.2, -0.15) is 0 Å². The number of hydrogen-bond acceptors (Lipinski definition) is 6. The first-order chi connectivity index (χ1) is 16.1. The van der Waals surface area contributed by atoms with E-state index in [1.807, 2.05) is 36.5 Å². The number of pyridine rings is 2. The highest BCUT2D eigenvalue weighted by molar-refractivity contribution is 5.96. The first-order valence-corrected chi connectivity index (χ1v) is 11.8. The SMILES string of the molecule is CCCCC(O)CNC(=O)c1cc(Cc2ccc(N3CCOCC3)nc2)c2ccccc2n1. The van der Waals surface area contributed by atoms with Crippen molar-refractivity contribution < 1.29 is 14.6 Å². The molecule has 0 aliphatic carbocycles.